The van der Waals surface area contributed by atoms with Crippen LogP contribution in [0.2, 0.25) is 5.02 Å². The molecule has 1 saturated heterocycles. The predicted octanol–water partition coefficient (Wildman–Crippen LogP) is 3.37. The van der Waals surface area contributed by atoms with Crippen molar-refractivity contribution < 1.29 is 14.6 Å². The minimum Gasteiger partial charge on any atom is -0.386 e. The number of aliphatic hydroxyl groups is 1. The van der Waals surface area contributed by atoms with Gasteiger partial charge < -0.3 is 14.6 Å². The van der Waals surface area contributed by atoms with E-state index in [9.17, 15) is 5.11 Å². The standard InChI is InChI=1S/C14H15Cl2N3OS.C4H8O2/c15-11-4-2-1-3-10(11)7-14(20,13(16)5-6-13)8-19-12(21)17-9-18-19;1-2-6-4-3-5-1/h1-4,9,20H,5-8H2,(H,17,18,21);1-4H2. The first-order valence-electron chi connectivity index (χ1n) is 8.84. The van der Waals surface area contributed by atoms with Gasteiger partial charge in [0.05, 0.1) is 37.8 Å². The van der Waals surface area contributed by atoms with Crippen LogP contribution in [0.3, 0.4) is 0 Å². The molecule has 1 aliphatic carbocycles. The van der Waals surface area contributed by atoms with Gasteiger partial charge in [-0.15, -0.1) is 11.6 Å². The van der Waals surface area contributed by atoms with E-state index in [0.29, 0.717) is 16.2 Å². The Kier molecular flexibility index (Phi) is 6.94. The Morgan fingerprint density at radius 3 is 2.33 bits per heavy atom. The Morgan fingerprint density at radius 2 is 1.85 bits per heavy atom. The summed E-state index contributed by atoms with van der Waals surface area (Å²) in [7, 11) is 0. The van der Waals surface area contributed by atoms with Crippen LogP contribution in [-0.4, -0.2) is 56.8 Å². The van der Waals surface area contributed by atoms with E-state index >= 15 is 0 Å². The maximum Gasteiger partial charge on any atom is 0.215 e. The average molecular weight is 432 g/mol. The average Bonchev–Trinajstić information content (AvgIpc) is 3.32. The van der Waals surface area contributed by atoms with Crippen LogP contribution in [0.1, 0.15) is 18.4 Å². The number of rotatable bonds is 5. The van der Waals surface area contributed by atoms with Gasteiger partial charge in [0.2, 0.25) is 4.77 Å². The van der Waals surface area contributed by atoms with Crippen molar-refractivity contribution in [1.82, 2.24) is 14.8 Å². The zero-order valence-electron chi connectivity index (χ0n) is 14.9. The van der Waals surface area contributed by atoms with Gasteiger partial charge in [-0.05, 0) is 36.7 Å². The van der Waals surface area contributed by atoms with E-state index < -0.39 is 10.5 Å². The predicted molar refractivity (Wildman–Crippen MR) is 107 cm³/mol. The van der Waals surface area contributed by atoms with Crippen molar-refractivity contribution in [2.45, 2.75) is 36.3 Å². The third-order valence-electron chi connectivity index (χ3n) is 4.75. The minimum absolute atomic E-state index is 0.264. The van der Waals surface area contributed by atoms with Crippen molar-refractivity contribution >= 4 is 35.4 Å². The molecule has 148 valence electrons. The maximum absolute atomic E-state index is 11.2. The number of aromatic amines is 1. The lowest BCUT2D eigenvalue weighted by Crippen LogP contribution is -2.47. The molecule has 1 aliphatic heterocycles. The number of halogens is 2. The molecule has 2 aromatic rings. The second-order valence-electron chi connectivity index (χ2n) is 6.75. The SMILES string of the molecule is C1COCCO1.OC(Cc1ccccc1Cl)(Cn1[nH]cnc1=S)C1(Cl)CC1. The number of nitrogens with zero attached hydrogens (tertiary/aromatic N) is 2. The number of hydrogen-bond donors (Lipinski definition) is 2. The summed E-state index contributed by atoms with van der Waals surface area (Å²) in [5, 5.41) is 14.7. The summed E-state index contributed by atoms with van der Waals surface area (Å²) in [6.45, 7) is 3.38. The first-order valence-corrected chi connectivity index (χ1v) is 10.0. The lowest BCUT2D eigenvalue weighted by atomic mass is 9.89. The van der Waals surface area contributed by atoms with E-state index in [-0.39, 0.29) is 6.54 Å². The number of alkyl halides is 1. The van der Waals surface area contributed by atoms with Gasteiger partial charge in [0.15, 0.2) is 0 Å². The van der Waals surface area contributed by atoms with Gasteiger partial charge in [-0.25, -0.2) is 4.98 Å². The molecule has 0 amide bonds. The number of aromatic nitrogens is 3. The summed E-state index contributed by atoms with van der Waals surface area (Å²) < 4.78 is 11.9. The number of H-pyrrole nitrogens is 1. The van der Waals surface area contributed by atoms with Crippen LogP contribution in [0.5, 0.6) is 0 Å². The zero-order valence-corrected chi connectivity index (χ0v) is 17.2. The fourth-order valence-electron chi connectivity index (χ4n) is 2.98. The zero-order chi connectivity index (χ0) is 19.3. The molecular formula is C18H23Cl2N3O3S. The van der Waals surface area contributed by atoms with Crippen LogP contribution in [0.4, 0.5) is 0 Å². The van der Waals surface area contributed by atoms with Crippen LogP contribution in [0, 0.1) is 4.77 Å². The van der Waals surface area contributed by atoms with Crippen molar-refractivity contribution in [1.29, 1.82) is 0 Å². The van der Waals surface area contributed by atoms with Gasteiger partial charge in [0, 0.05) is 11.4 Å². The number of ether oxygens (including phenoxy) is 2. The summed E-state index contributed by atoms with van der Waals surface area (Å²) in [6.07, 6.45) is 3.43. The van der Waals surface area contributed by atoms with Gasteiger partial charge in [0.25, 0.3) is 0 Å². The Hall–Kier alpha value is -0.960. The van der Waals surface area contributed by atoms with E-state index in [1.165, 1.54) is 6.33 Å². The summed E-state index contributed by atoms with van der Waals surface area (Å²) >= 11 is 17.9. The summed E-state index contributed by atoms with van der Waals surface area (Å²) in [6, 6.07) is 7.48. The van der Waals surface area contributed by atoms with Crippen LogP contribution < -0.4 is 0 Å². The van der Waals surface area contributed by atoms with Crippen LogP contribution in [0.25, 0.3) is 0 Å². The van der Waals surface area contributed by atoms with Crippen molar-refractivity contribution in [3.63, 3.8) is 0 Å². The third kappa shape index (κ3) is 5.31. The van der Waals surface area contributed by atoms with Gasteiger partial charge in [-0.3, -0.25) is 9.78 Å². The molecule has 2 aliphatic rings. The molecule has 27 heavy (non-hydrogen) atoms. The van der Waals surface area contributed by atoms with Crippen LogP contribution in [0.15, 0.2) is 30.6 Å². The van der Waals surface area contributed by atoms with E-state index in [0.717, 1.165) is 44.8 Å². The van der Waals surface area contributed by atoms with E-state index in [1.807, 2.05) is 24.3 Å². The second kappa shape index (κ2) is 9.03. The summed E-state index contributed by atoms with van der Waals surface area (Å²) in [5.41, 5.74) is -0.260. The third-order valence-corrected chi connectivity index (χ3v) is 6.17. The Morgan fingerprint density at radius 1 is 1.22 bits per heavy atom. The molecule has 1 aromatic carbocycles. The summed E-state index contributed by atoms with van der Waals surface area (Å²) in [5.74, 6) is 0. The van der Waals surface area contributed by atoms with E-state index in [1.54, 1.807) is 4.68 Å². The topological polar surface area (TPSA) is 72.3 Å². The van der Waals surface area contributed by atoms with E-state index in [2.05, 4.69) is 10.1 Å². The first-order chi connectivity index (χ1) is 12.9. The van der Waals surface area contributed by atoms with E-state index in [4.69, 9.17) is 44.9 Å². The van der Waals surface area contributed by atoms with Crippen molar-refractivity contribution in [2.24, 2.45) is 0 Å². The maximum atomic E-state index is 11.2. The molecule has 0 radical (unpaired) electrons. The quantitative estimate of drug-likeness (QED) is 0.560. The van der Waals surface area contributed by atoms with Gasteiger partial charge in [0.1, 0.15) is 11.9 Å². The highest BCUT2D eigenvalue weighted by molar-refractivity contribution is 7.71. The number of nitrogens with one attached hydrogen (secondary N) is 1. The molecule has 1 aromatic heterocycles. The molecular weight excluding hydrogens is 409 g/mol. The highest BCUT2D eigenvalue weighted by Crippen LogP contribution is 2.53. The molecule has 1 saturated carbocycles. The van der Waals surface area contributed by atoms with Crippen molar-refractivity contribution in [2.75, 3.05) is 26.4 Å². The lowest BCUT2D eigenvalue weighted by Gasteiger charge is -2.33. The molecule has 4 rings (SSSR count). The fourth-order valence-corrected chi connectivity index (χ4v) is 3.57. The second-order valence-corrected chi connectivity index (χ2v) is 8.24. The molecule has 0 bridgehead atoms. The number of hydrogen-bond acceptors (Lipinski definition) is 5. The molecule has 2 heterocycles. The highest BCUT2D eigenvalue weighted by atomic mass is 35.5. The molecule has 9 heteroatoms. The number of benzene rings is 1. The molecule has 2 N–H and O–H groups in total. The Bertz CT molecular complexity index is 793. The van der Waals surface area contributed by atoms with Crippen LogP contribution >= 0.6 is 35.4 Å². The molecule has 2 fully saturated rings. The van der Waals surface area contributed by atoms with Crippen molar-refractivity contribution in [3.05, 3.63) is 45.9 Å². The van der Waals surface area contributed by atoms with Crippen LogP contribution in [-0.2, 0) is 22.4 Å². The highest BCUT2D eigenvalue weighted by Gasteiger charge is 2.58. The van der Waals surface area contributed by atoms with Gasteiger partial charge >= 0.3 is 0 Å². The molecule has 0 spiro atoms. The fraction of sp³-hybridized carbons (Fsp3) is 0.556. The normalized spacial score (nSPS) is 20.3. The van der Waals surface area contributed by atoms with Gasteiger partial charge in [-0.2, -0.15) is 0 Å². The minimum atomic E-state index is -1.13. The molecule has 1 unspecified atom stereocenters. The molecule has 1 atom stereocenters. The van der Waals surface area contributed by atoms with Gasteiger partial charge in [-0.1, -0.05) is 29.8 Å². The van der Waals surface area contributed by atoms with Crippen molar-refractivity contribution in [3.8, 4) is 0 Å². The monoisotopic (exact) mass is 431 g/mol. The smallest absolute Gasteiger partial charge is 0.215 e. The summed E-state index contributed by atoms with van der Waals surface area (Å²) in [4.78, 5) is 3.34. The largest absolute Gasteiger partial charge is 0.386 e. The Labute approximate surface area is 173 Å². The lowest BCUT2D eigenvalue weighted by molar-refractivity contribution is -0.0334. The Balaban J connectivity index is 0.000000299. The molecule has 6 nitrogen and oxygen atoms in total. The first kappa shape index (κ1) is 20.8.